The highest BCUT2D eigenvalue weighted by atomic mass is 32.2. The summed E-state index contributed by atoms with van der Waals surface area (Å²) in [6, 6.07) is 0. The Morgan fingerprint density at radius 3 is 2.67 bits per heavy atom. The molecule has 0 saturated carbocycles. The van der Waals surface area contributed by atoms with E-state index in [9.17, 15) is 4.79 Å². The van der Waals surface area contributed by atoms with Gasteiger partial charge in [0.2, 0.25) is 5.91 Å². The van der Waals surface area contributed by atoms with Crippen molar-refractivity contribution in [2.75, 3.05) is 18.8 Å². The van der Waals surface area contributed by atoms with E-state index in [2.05, 4.69) is 10.2 Å². The Morgan fingerprint density at radius 2 is 2.06 bits per heavy atom. The van der Waals surface area contributed by atoms with Crippen molar-refractivity contribution in [2.45, 2.75) is 37.3 Å². The number of carbonyl (C=O) groups is 1. The smallest absolute Gasteiger partial charge is 0.223 e. The van der Waals surface area contributed by atoms with Gasteiger partial charge in [0.25, 0.3) is 0 Å². The van der Waals surface area contributed by atoms with Gasteiger partial charge in [-0.25, -0.2) is 0 Å². The first-order chi connectivity index (χ1) is 8.77. The third-order valence-corrected chi connectivity index (χ3v) is 4.21. The van der Waals surface area contributed by atoms with E-state index < -0.39 is 0 Å². The Morgan fingerprint density at radius 1 is 1.33 bits per heavy atom. The third kappa shape index (κ3) is 3.73. The maximum Gasteiger partial charge on any atom is 0.223 e. The van der Waals surface area contributed by atoms with Crippen LogP contribution in [0.4, 0.5) is 0 Å². The standard InChI is InChI=1S/C12H20N4OS/c1-15-10-13-14-12(15)18-9-6-11(17)16-7-4-2-3-5-8-16/h10H,2-9H2,1H3. The van der Waals surface area contributed by atoms with Crippen LogP contribution in [-0.4, -0.2) is 44.4 Å². The lowest BCUT2D eigenvalue weighted by molar-refractivity contribution is -0.130. The van der Waals surface area contributed by atoms with Gasteiger partial charge >= 0.3 is 0 Å². The van der Waals surface area contributed by atoms with Crippen molar-refractivity contribution in [1.82, 2.24) is 19.7 Å². The topological polar surface area (TPSA) is 51.0 Å². The van der Waals surface area contributed by atoms with Gasteiger partial charge in [0, 0.05) is 32.3 Å². The SMILES string of the molecule is Cn1cnnc1SCCC(=O)N1CCCCCC1. The van der Waals surface area contributed by atoms with E-state index in [0.29, 0.717) is 6.42 Å². The zero-order valence-electron chi connectivity index (χ0n) is 10.8. The van der Waals surface area contributed by atoms with Crippen molar-refractivity contribution >= 4 is 17.7 Å². The Hall–Kier alpha value is -1.04. The van der Waals surface area contributed by atoms with E-state index in [0.717, 1.165) is 36.8 Å². The molecule has 1 aliphatic rings. The Balaban J connectivity index is 1.72. The number of aryl methyl sites for hydroxylation is 1. The van der Waals surface area contributed by atoms with Crippen LogP contribution in [0.5, 0.6) is 0 Å². The molecule has 2 heterocycles. The lowest BCUT2D eigenvalue weighted by atomic mass is 10.2. The highest BCUT2D eigenvalue weighted by Crippen LogP contribution is 2.16. The van der Waals surface area contributed by atoms with Crippen molar-refractivity contribution in [1.29, 1.82) is 0 Å². The minimum atomic E-state index is 0.284. The fourth-order valence-electron chi connectivity index (χ4n) is 2.11. The van der Waals surface area contributed by atoms with Gasteiger partial charge in [0.15, 0.2) is 5.16 Å². The van der Waals surface area contributed by atoms with Gasteiger partial charge < -0.3 is 9.47 Å². The second kappa shape index (κ2) is 6.78. The van der Waals surface area contributed by atoms with Crippen LogP contribution in [0, 0.1) is 0 Å². The number of hydrogen-bond donors (Lipinski definition) is 0. The van der Waals surface area contributed by atoms with Gasteiger partial charge in [-0.15, -0.1) is 10.2 Å². The Kier molecular flexibility index (Phi) is 5.04. The van der Waals surface area contributed by atoms with E-state index in [4.69, 9.17) is 0 Å². The van der Waals surface area contributed by atoms with Gasteiger partial charge in [-0.2, -0.15) is 0 Å². The monoisotopic (exact) mass is 268 g/mol. The summed E-state index contributed by atoms with van der Waals surface area (Å²) in [5.41, 5.74) is 0. The Labute approximate surface area is 112 Å². The highest BCUT2D eigenvalue weighted by molar-refractivity contribution is 7.99. The average molecular weight is 268 g/mol. The molecule has 1 aromatic heterocycles. The lowest BCUT2D eigenvalue weighted by Gasteiger charge is -2.19. The number of hydrogen-bond acceptors (Lipinski definition) is 4. The molecule has 1 saturated heterocycles. The van der Waals surface area contributed by atoms with Crippen LogP contribution >= 0.6 is 11.8 Å². The van der Waals surface area contributed by atoms with Gasteiger partial charge in [-0.3, -0.25) is 4.79 Å². The maximum absolute atomic E-state index is 12.0. The molecule has 18 heavy (non-hydrogen) atoms. The van der Waals surface area contributed by atoms with Crippen molar-refractivity contribution in [3.8, 4) is 0 Å². The Bertz CT molecular complexity index is 385. The summed E-state index contributed by atoms with van der Waals surface area (Å²) >= 11 is 1.59. The molecule has 0 radical (unpaired) electrons. The number of nitrogens with zero attached hydrogens (tertiary/aromatic N) is 4. The number of likely N-dealkylation sites (tertiary alicyclic amines) is 1. The van der Waals surface area contributed by atoms with Gasteiger partial charge in [-0.1, -0.05) is 24.6 Å². The zero-order valence-corrected chi connectivity index (χ0v) is 11.7. The number of aromatic nitrogens is 3. The largest absolute Gasteiger partial charge is 0.343 e. The molecule has 0 aliphatic carbocycles. The van der Waals surface area contributed by atoms with E-state index in [1.807, 2.05) is 16.5 Å². The normalized spacial score (nSPS) is 16.6. The van der Waals surface area contributed by atoms with Crippen molar-refractivity contribution in [2.24, 2.45) is 7.05 Å². The van der Waals surface area contributed by atoms with Gasteiger partial charge in [0.05, 0.1) is 0 Å². The molecule has 0 bridgehead atoms. The predicted octanol–water partition coefficient (Wildman–Crippen LogP) is 1.70. The number of amides is 1. The number of rotatable bonds is 4. The minimum absolute atomic E-state index is 0.284. The van der Waals surface area contributed by atoms with Crippen LogP contribution < -0.4 is 0 Å². The summed E-state index contributed by atoms with van der Waals surface area (Å²) in [5, 5.41) is 8.68. The van der Waals surface area contributed by atoms with E-state index >= 15 is 0 Å². The molecule has 1 amide bonds. The third-order valence-electron chi connectivity index (χ3n) is 3.18. The maximum atomic E-state index is 12.0. The second-order valence-electron chi connectivity index (χ2n) is 4.62. The first kappa shape index (κ1) is 13.4. The summed E-state index contributed by atoms with van der Waals surface area (Å²) < 4.78 is 1.88. The van der Waals surface area contributed by atoms with Gasteiger partial charge in [-0.05, 0) is 12.8 Å². The van der Waals surface area contributed by atoms with Crippen LogP contribution in [0.3, 0.4) is 0 Å². The summed E-state index contributed by atoms with van der Waals surface area (Å²) in [7, 11) is 1.92. The molecule has 0 unspecified atom stereocenters. The fourth-order valence-corrected chi connectivity index (χ4v) is 2.93. The fraction of sp³-hybridized carbons (Fsp3) is 0.750. The zero-order chi connectivity index (χ0) is 12.8. The molecule has 6 heteroatoms. The summed E-state index contributed by atoms with van der Waals surface area (Å²) in [4.78, 5) is 14.1. The van der Waals surface area contributed by atoms with Gasteiger partial charge in [0.1, 0.15) is 6.33 Å². The van der Waals surface area contributed by atoms with Crippen LogP contribution in [-0.2, 0) is 11.8 Å². The summed E-state index contributed by atoms with van der Waals surface area (Å²) in [6.07, 6.45) is 7.11. The molecule has 1 fully saturated rings. The highest BCUT2D eigenvalue weighted by Gasteiger charge is 2.15. The number of carbonyl (C=O) groups excluding carboxylic acids is 1. The molecule has 1 aromatic rings. The number of thioether (sulfide) groups is 1. The first-order valence-corrected chi connectivity index (χ1v) is 7.50. The molecule has 2 rings (SSSR count). The second-order valence-corrected chi connectivity index (χ2v) is 5.68. The first-order valence-electron chi connectivity index (χ1n) is 6.52. The van der Waals surface area contributed by atoms with E-state index in [1.54, 1.807) is 18.1 Å². The molecule has 1 aliphatic heterocycles. The summed E-state index contributed by atoms with van der Waals surface area (Å²) in [5.74, 6) is 1.06. The van der Waals surface area contributed by atoms with Crippen LogP contribution in [0.1, 0.15) is 32.1 Å². The molecular formula is C12H20N4OS. The molecular weight excluding hydrogens is 248 g/mol. The molecule has 5 nitrogen and oxygen atoms in total. The molecule has 100 valence electrons. The molecule has 0 spiro atoms. The minimum Gasteiger partial charge on any atom is -0.343 e. The van der Waals surface area contributed by atoms with Crippen LogP contribution in [0.15, 0.2) is 11.5 Å². The van der Waals surface area contributed by atoms with E-state index in [-0.39, 0.29) is 5.91 Å². The molecule has 0 N–H and O–H groups in total. The lowest BCUT2D eigenvalue weighted by Crippen LogP contribution is -2.31. The van der Waals surface area contributed by atoms with Crippen molar-refractivity contribution in [3.05, 3.63) is 6.33 Å². The quantitative estimate of drug-likeness (QED) is 0.780. The van der Waals surface area contributed by atoms with Crippen LogP contribution in [0.25, 0.3) is 0 Å². The average Bonchev–Trinajstić information content (AvgIpc) is 2.64. The predicted molar refractivity (Wildman–Crippen MR) is 71.4 cm³/mol. The van der Waals surface area contributed by atoms with E-state index in [1.165, 1.54) is 12.8 Å². The molecule has 0 atom stereocenters. The van der Waals surface area contributed by atoms with Crippen molar-refractivity contribution < 1.29 is 4.79 Å². The van der Waals surface area contributed by atoms with Crippen molar-refractivity contribution in [3.63, 3.8) is 0 Å². The van der Waals surface area contributed by atoms with Crippen LogP contribution in [0.2, 0.25) is 0 Å². The molecule has 0 aromatic carbocycles. The summed E-state index contributed by atoms with van der Waals surface area (Å²) in [6.45, 7) is 1.88.